The number of carbonyl (C=O) groups is 6. The SMILES string of the molecule is COc1cccc2c1C(=O)c1c(O)c3c(c(O)c1C2=O)C[C@@](O)(C(=O)CO)C[C@@H]3O[C@H]1C[C@H](NC(=O)CCCCCN2C(=O)C=CC2=O)[C@H](O)[C@H](C)O1. The topological polar surface area (TPSA) is 247 Å². The quantitative estimate of drug-likeness (QED) is 0.0849. The molecule has 0 unspecified atom stereocenters. The van der Waals surface area contributed by atoms with E-state index in [4.69, 9.17) is 14.2 Å². The van der Waals surface area contributed by atoms with Gasteiger partial charge in [0.15, 0.2) is 17.9 Å². The third-order valence-corrected chi connectivity index (χ3v) is 10.3. The number of ether oxygens (including phenoxy) is 3. The first-order valence-electron chi connectivity index (χ1n) is 17.3. The van der Waals surface area contributed by atoms with E-state index in [-0.39, 0.29) is 59.2 Å². The van der Waals surface area contributed by atoms with Crippen LogP contribution in [0.5, 0.6) is 17.2 Å². The Bertz CT molecular complexity index is 1900. The molecule has 53 heavy (non-hydrogen) atoms. The number of aromatic hydroxyl groups is 2. The van der Waals surface area contributed by atoms with Crippen molar-refractivity contribution in [2.45, 2.75) is 88.1 Å². The summed E-state index contributed by atoms with van der Waals surface area (Å²) in [7, 11) is 1.30. The van der Waals surface area contributed by atoms with Gasteiger partial charge >= 0.3 is 0 Å². The number of fused-ring (bicyclic) bond motifs is 3. The minimum Gasteiger partial charge on any atom is -0.507 e. The summed E-state index contributed by atoms with van der Waals surface area (Å²) in [5.41, 5.74) is -4.06. The number of aliphatic hydroxyl groups is 3. The van der Waals surface area contributed by atoms with Crippen molar-refractivity contribution >= 4 is 35.1 Å². The van der Waals surface area contributed by atoms with Crippen LogP contribution in [0.3, 0.4) is 0 Å². The number of hydrogen-bond acceptors (Lipinski definition) is 14. The number of methoxy groups -OCH3 is 1. The summed E-state index contributed by atoms with van der Waals surface area (Å²) in [5.74, 6) is -5.24. The van der Waals surface area contributed by atoms with Crippen LogP contribution in [-0.2, 0) is 35.1 Å². The van der Waals surface area contributed by atoms with Gasteiger partial charge in [0.2, 0.25) is 11.7 Å². The molecule has 0 radical (unpaired) electrons. The van der Waals surface area contributed by atoms with Gasteiger partial charge in [0.25, 0.3) is 11.8 Å². The Labute approximate surface area is 302 Å². The molecule has 2 heterocycles. The van der Waals surface area contributed by atoms with Crippen LogP contribution in [0.25, 0.3) is 0 Å². The van der Waals surface area contributed by atoms with Gasteiger partial charge in [0.05, 0.1) is 42.0 Å². The van der Waals surface area contributed by atoms with E-state index in [0.717, 1.165) is 4.90 Å². The van der Waals surface area contributed by atoms with Gasteiger partial charge in [0.1, 0.15) is 35.6 Å². The van der Waals surface area contributed by atoms with Crippen molar-refractivity contribution < 1.29 is 68.5 Å². The van der Waals surface area contributed by atoms with E-state index in [1.165, 1.54) is 44.4 Å². The second-order valence-electron chi connectivity index (χ2n) is 13.6. The number of nitrogens with one attached hydrogen (secondary N) is 1. The molecule has 16 nitrogen and oxygen atoms in total. The molecule has 16 heteroatoms. The highest BCUT2D eigenvalue weighted by Crippen LogP contribution is 2.52. The van der Waals surface area contributed by atoms with Gasteiger partial charge in [-0.2, -0.15) is 0 Å². The number of phenolic OH excluding ortho intramolecular Hbond substituents is 2. The van der Waals surface area contributed by atoms with Crippen LogP contribution in [0.2, 0.25) is 0 Å². The molecule has 1 fully saturated rings. The molecule has 2 aromatic carbocycles. The van der Waals surface area contributed by atoms with Gasteiger partial charge in [-0.05, 0) is 25.8 Å². The van der Waals surface area contributed by atoms with Crippen molar-refractivity contribution in [2.24, 2.45) is 0 Å². The fourth-order valence-electron chi connectivity index (χ4n) is 7.52. The molecule has 6 atom stereocenters. The molecule has 282 valence electrons. The van der Waals surface area contributed by atoms with Crippen LogP contribution in [0.1, 0.15) is 94.5 Å². The number of aliphatic hydroxyl groups excluding tert-OH is 2. The zero-order valence-corrected chi connectivity index (χ0v) is 29.0. The predicted octanol–water partition coefficient (Wildman–Crippen LogP) is 0.644. The zero-order valence-electron chi connectivity index (χ0n) is 29.0. The van der Waals surface area contributed by atoms with Crippen molar-refractivity contribution in [3.8, 4) is 17.2 Å². The smallest absolute Gasteiger partial charge is 0.253 e. The van der Waals surface area contributed by atoms with Gasteiger partial charge in [-0.3, -0.25) is 33.7 Å². The van der Waals surface area contributed by atoms with Crippen LogP contribution < -0.4 is 10.1 Å². The van der Waals surface area contributed by atoms with E-state index < -0.39 is 102 Å². The highest BCUT2D eigenvalue weighted by Gasteiger charge is 2.50. The molecule has 2 aromatic rings. The molecule has 6 rings (SSSR count). The fourth-order valence-corrected chi connectivity index (χ4v) is 7.52. The van der Waals surface area contributed by atoms with Gasteiger partial charge in [-0.15, -0.1) is 0 Å². The van der Waals surface area contributed by atoms with E-state index in [1.54, 1.807) is 0 Å². The van der Waals surface area contributed by atoms with Crippen molar-refractivity contribution in [1.82, 2.24) is 10.2 Å². The summed E-state index contributed by atoms with van der Waals surface area (Å²) in [6.07, 6.45) is -2.15. The molecular weight excluding hydrogens is 696 g/mol. The van der Waals surface area contributed by atoms with Crippen LogP contribution in [-0.4, -0.2) is 116 Å². The van der Waals surface area contributed by atoms with E-state index in [0.29, 0.717) is 19.3 Å². The van der Waals surface area contributed by atoms with Crippen molar-refractivity contribution in [2.75, 3.05) is 20.3 Å². The highest BCUT2D eigenvalue weighted by atomic mass is 16.7. The van der Waals surface area contributed by atoms with Crippen LogP contribution >= 0.6 is 0 Å². The molecular formula is C37H40N2O14. The Hall–Kier alpha value is -5.00. The number of unbranched alkanes of at least 4 members (excludes halogenated alkanes) is 2. The Kier molecular flexibility index (Phi) is 10.5. The number of phenols is 2. The first-order chi connectivity index (χ1) is 25.2. The lowest BCUT2D eigenvalue weighted by atomic mass is 9.72. The lowest BCUT2D eigenvalue weighted by molar-refractivity contribution is -0.249. The second kappa shape index (κ2) is 14.8. The minimum atomic E-state index is -2.34. The van der Waals surface area contributed by atoms with Crippen LogP contribution in [0, 0.1) is 0 Å². The zero-order chi connectivity index (χ0) is 38.4. The standard InChI is InChI=1S/C37H40N2O14/c1-17-32(45)20(38-24(42)9-4-3-5-12-39-25(43)10-11-26(39)44)13-27(52-17)53-22-15-37(50,23(41)16-40)14-19-29(22)36(49)31-30(34(19)47)33(46)18-7-6-8-21(51-2)28(18)35(31)48/h6-8,10-11,17,20,22,27,32,40,45,47,49-50H,3-5,9,12-16H2,1-2H3,(H,38,42)/t17-,20-,22-,27-,32+,37-/m0/s1. The van der Waals surface area contributed by atoms with Gasteiger partial charge in [-0.1, -0.05) is 18.6 Å². The summed E-state index contributed by atoms with van der Waals surface area (Å²) in [4.78, 5) is 77.9. The largest absolute Gasteiger partial charge is 0.507 e. The monoisotopic (exact) mass is 736 g/mol. The van der Waals surface area contributed by atoms with Crippen molar-refractivity contribution in [3.63, 3.8) is 0 Å². The average Bonchev–Trinajstić information content (AvgIpc) is 3.45. The Morgan fingerprint density at radius 3 is 2.38 bits per heavy atom. The molecule has 1 saturated heterocycles. The number of rotatable bonds is 12. The highest BCUT2D eigenvalue weighted by molar-refractivity contribution is 6.31. The van der Waals surface area contributed by atoms with Crippen LogP contribution in [0.4, 0.5) is 0 Å². The normalized spacial score (nSPS) is 26.3. The number of benzene rings is 2. The maximum atomic E-state index is 13.9. The van der Waals surface area contributed by atoms with Gasteiger partial charge < -0.3 is 45.1 Å². The maximum absolute atomic E-state index is 13.9. The molecule has 0 aromatic heterocycles. The summed E-state index contributed by atoms with van der Waals surface area (Å²) < 4.78 is 17.4. The molecule has 2 aliphatic heterocycles. The van der Waals surface area contributed by atoms with Gasteiger partial charge in [0, 0.05) is 61.1 Å². The minimum absolute atomic E-state index is 0.0580. The van der Waals surface area contributed by atoms with E-state index in [2.05, 4.69) is 5.32 Å². The molecule has 4 aliphatic rings. The molecule has 0 saturated carbocycles. The fraction of sp³-hybridized carbons (Fsp3) is 0.459. The molecule has 6 N–H and O–H groups in total. The van der Waals surface area contributed by atoms with E-state index >= 15 is 0 Å². The van der Waals surface area contributed by atoms with Crippen molar-refractivity contribution in [1.29, 1.82) is 0 Å². The lowest BCUT2D eigenvalue weighted by Crippen LogP contribution is -2.55. The molecule has 0 spiro atoms. The molecule has 0 bridgehead atoms. The third-order valence-electron chi connectivity index (χ3n) is 10.3. The number of carbonyl (C=O) groups excluding carboxylic acids is 6. The second-order valence-corrected chi connectivity index (χ2v) is 13.6. The summed E-state index contributed by atoms with van der Waals surface area (Å²) in [6, 6.07) is 3.41. The Morgan fingerprint density at radius 2 is 1.70 bits per heavy atom. The third kappa shape index (κ3) is 6.84. The first-order valence-corrected chi connectivity index (χ1v) is 17.3. The summed E-state index contributed by atoms with van der Waals surface area (Å²) >= 11 is 0. The average molecular weight is 737 g/mol. The lowest BCUT2D eigenvalue weighted by Gasteiger charge is -2.43. The maximum Gasteiger partial charge on any atom is 0.253 e. The number of hydrogen-bond donors (Lipinski definition) is 6. The molecule has 3 amide bonds. The number of nitrogens with zero attached hydrogens (tertiary/aromatic N) is 1. The van der Waals surface area contributed by atoms with E-state index in [1.807, 2.05) is 0 Å². The van der Waals surface area contributed by atoms with E-state index in [9.17, 15) is 54.3 Å². The Balaban J connectivity index is 1.23. The number of Topliss-reactive ketones (excluding diaryl/α,β-unsaturated/α-hetero) is 1. The Morgan fingerprint density at radius 1 is 1.00 bits per heavy atom. The number of imide groups is 1. The van der Waals surface area contributed by atoms with Gasteiger partial charge in [-0.25, -0.2) is 0 Å². The number of amides is 3. The first kappa shape index (κ1) is 37.7. The van der Waals surface area contributed by atoms with Crippen molar-refractivity contribution in [3.05, 3.63) is 63.7 Å². The molecule has 2 aliphatic carbocycles. The predicted molar refractivity (Wildman–Crippen MR) is 180 cm³/mol. The summed E-state index contributed by atoms with van der Waals surface area (Å²) in [6.45, 7) is 0.682. The number of ketones is 3. The summed E-state index contributed by atoms with van der Waals surface area (Å²) in [5, 5.41) is 58.1. The van der Waals surface area contributed by atoms with Crippen LogP contribution in [0.15, 0.2) is 30.4 Å².